The van der Waals surface area contributed by atoms with Crippen molar-refractivity contribution in [2.75, 3.05) is 32.6 Å². The van der Waals surface area contributed by atoms with Gasteiger partial charge in [0.25, 0.3) is 0 Å². The van der Waals surface area contributed by atoms with E-state index in [-0.39, 0.29) is 11.8 Å². The number of rotatable bonds is 5. The molecular formula is C25H26FN3O3. The van der Waals surface area contributed by atoms with Crippen LogP contribution in [0.15, 0.2) is 60.8 Å². The summed E-state index contributed by atoms with van der Waals surface area (Å²) >= 11 is 0. The minimum absolute atomic E-state index is 0.262. The zero-order valence-corrected chi connectivity index (χ0v) is 18.4. The Hall–Kier alpha value is -3.61. The molecule has 0 saturated carbocycles. The quantitative estimate of drug-likeness (QED) is 0.627. The Morgan fingerprint density at radius 3 is 2.66 bits per heavy atom. The highest BCUT2D eigenvalue weighted by molar-refractivity contribution is 5.91. The number of anilines is 1. The van der Waals surface area contributed by atoms with Crippen LogP contribution in [0.1, 0.15) is 23.2 Å². The minimum Gasteiger partial charge on any atom is -0.497 e. The summed E-state index contributed by atoms with van der Waals surface area (Å²) in [5.41, 5.74) is 2.15. The normalized spacial score (nSPS) is 17.8. The lowest BCUT2D eigenvalue weighted by Crippen LogP contribution is -2.38. The number of ether oxygens (including phenoxy) is 2. The van der Waals surface area contributed by atoms with Gasteiger partial charge in [-0.15, -0.1) is 0 Å². The molecule has 166 valence electrons. The summed E-state index contributed by atoms with van der Waals surface area (Å²) in [6, 6.07) is 15.9. The smallest absolute Gasteiger partial charge is 0.321 e. The maximum atomic E-state index is 14.5. The molecule has 32 heavy (non-hydrogen) atoms. The molecule has 0 spiro atoms. The van der Waals surface area contributed by atoms with E-state index in [2.05, 4.69) is 10.3 Å². The lowest BCUT2D eigenvalue weighted by Gasteiger charge is -2.30. The number of carbonyl (C=O) groups is 1. The number of hydrogen-bond donors (Lipinski definition) is 1. The number of benzene rings is 2. The number of halogens is 1. The molecule has 1 unspecified atom stereocenters. The number of carbonyl (C=O) groups excluding carboxylic acids is 1. The Labute approximate surface area is 187 Å². The lowest BCUT2D eigenvalue weighted by molar-refractivity contribution is 0.220. The molecule has 1 atom stereocenters. The summed E-state index contributed by atoms with van der Waals surface area (Å²) in [6.45, 7) is 2.62. The average Bonchev–Trinajstić information content (AvgIpc) is 3.28. The number of amides is 2. The molecule has 1 aliphatic rings. The standard InChI is InChI=1S/C25H26FN3O3/c1-17-7-8-18(14-20(17)26)25(23-6-4-5-12-27-23)11-13-29(16-25)24(30)28-21-15-19(31-2)9-10-22(21)32-3/h4-10,12,14-15H,11,13,16H2,1-3H3,(H,28,30). The third kappa shape index (κ3) is 3.98. The van der Waals surface area contributed by atoms with Crippen LogP contribution in [-0.2, 0) is 5.41 Å². The van der Waals surface area contributed by atoms with E-state index in [0.29, 0.717) is 42.3 Å². The van der Waals surface area contributed by atoms with Gasteiger partial charge >= 0.3 is 6.03 Å². The largest absolute Gasteiger partial charge is 0.497 e. The van der Waals surface area contributed by atoms with E-state index in [4.69, 9.17) is 9.47 Å². The van der Waals surface area contributed by atoms with Gasteiger partial charge in [0.1, 0.15) is 17.3 Å². The predicted octanol–water partition coefficient (Wildman–Crippen LogP) is 4.77. The molecule has 0 bridgehead atoms. The van der Waals surface area contributed by atoms with E-state index >= 15 is 0 Å². The highest BCUT2D eigenvalue weighted by atomic mass is 19.1. The molecule has 0 radical (unpaired) electrons. The van der Waals surface area contributed by atoms with Gasteiger partial charge in [0.15, 0.2) is 0 Å². The van der Waals surface area contributed by atoms with Crippen LogP contribution in [0.5, 0.6) is 11.5 Å². The molecule has 4 rings (SSSR count). The number of aromatic nitrogens is 1. The maximum Gasteiger partial charge on any atom is 0.321 e. The van der Waals surface area contributed by atoms with Crippen molar-refractivity contribution in [3.05, 3.63) is 83.4 Å². The van der Waals surface area contributed by atoms with Crippen molar-refractivity contribution in [3.8, 4) is 11.5 Å². The second-order valence-corrected chi connectivity index (χ2v) is 7.93. The molecular weight excluding hydrogens is 409 g/mol. The first-order valence-corrected chi connectivity index (χ1v) is 10.4. The topological polar surface area (TPSA) is 63.7 Å². The van der Waals surface area contributed by atoms with Gasteiger partial charge in [0.2, 0.25) is 0 Å². The predicted molar refractivity (Wildman–Crippen MR) is 121 cm³/mol. The van der Waals surface area contributed by atoms with E-state index in [9.17, 15) is 9.18 Å². The van der Waals surface area contributed by atoms with Gasteiger partial charge in [-0.05, 0) is 54.8 Å². The lowest BCUT2D eigenvalue weighted by atomic mass is 9.76. The second kappa shape index (κ2) is 8.86. The first-order chi connectivity index (χ1) is 15.5. The van der Waals surface area contributed by atoms with Crippen LogP contribution < -0.4 is 14.8 Å². The Morgan fingerprint density at radius 2 is 1.97 bits per heavy atom. The number of urea groups is 1. The van der Waals surface area contributed by atoms with E-state index in [0.717, 1.165) is 11.3 Å². The van der Waals surface area contributed by atoms with E-state index in [1.165, 1.54) is 0 Å². The fourth-order valence-electron chi connectivity index (χ4n) is 4.22. The van der Waals surface area contributed by atoms with Gasteiger partial charge in [-0.1, -0.05) is 18.2 Å². The van der Waals surface area contributed by atoms with E-state index in [1.807, 2.05) is 24.3 Å². The average molecular weight is 435 g/mol. The highest BCUT2D eigenvalue weighted by Gasteiger charge is 2.44. The first-order valence-electron chi connectivity index (χ1n) is 10.4. The molecule has 3 aromatic rings. The van der Waals surface area contributed by atoms with Gasteiger partial charge < -0.3 is 19.7 Å². The van der Waals surface area contributed by atoms with Crippen LogP contribution in [0, 0.1) is 12.7 Å². The van der Waals surface area contributed by atoms with Crippen LogP contribution in [0.4, 0.5) is 14.9 Å². The van der Waals surface area contributed by atoms with Gasteiger partial charge in [0, 0.05) is 25.4 Å². The first kappa shape index (κ1) is 21.6. The maximum absolute atomic E-state index is 14.5. The van der Waals surface area contributed by atoms with Crippen LogP contribution in [0.25, 0.3) is 0 Å². The highest BCUT2D eigenvalue weighted by Crippen LogP contribution is 2.41. The van der Waals surface area contributed by atoms with Crippen molar-refractivity contribution in [1.29, 1.82) is 0 Å². The zero-order valence-electron chi connectivity index (χ0n) is 18.4. The number of nitrogens with one attached hydrogen (secondary N) is 1. The fourth-order valence-corrected chi connectivity index (χ4v) is 4.22. The van der Waals surface area contributed by atoms with Crippen LogP contribution in [-0.4, -0.2) is 43.2 Å². The summed E-state index contributed by atoms with van der Waals surface area (Å²) in [6.07, 6.45) is 2.36. The van der Waals surface area contributed by atoms with Crippen LogP contribution >= 0.6 is 0 Å². The van der Waals surface area contributed by atoms with Crippen molar-refractivity contribution < 1.29 is 18.7 Å². The summed E-state index contributed by atoms with van der Waals surface area (Å²) in [4.78, 5) is 19.5. The number of likely N-dealkylation sites (tertiary alicyclic amines) is 1. The fraction of sp³-hybridized carbons (Fsp3) is 0.280. The van der Waals surface area contributed by atoms with Crippen LogP contribution in [0.3, 0.4) is 0 Å². The minimum atomic E-state index is -0.592. The third-order valence-electron chi connectivity index (χ3n) is 6.08. The molecule has 1 aliphatic heterocycles. The van der Waals surface area contributed by atoms with Gasteiger partial charge in [0.05, 0.1) is 31.0 Å². The van der Waals surface area contributed by atoms with Gasteiger partial charge in [-0.25, -0.2) is 9.18 Å². The Morgan fingerprint density at radius 1 is 1.12 bits per heavy atom. The molecule has 6 nitrogen and oxygen atoms in total. The molecule has 2 amide bonds. The van der Waals surface area contributed by atoms with E-state index in [1.54, 1.807) is 62.6 Å². The molecule has 1 fully saturated rings. The van der Waals surface area contributed by atoms with Gasteiger partial charge in [-0.2, -0.15) is 0 Å². The van der Waals surface area contributed by atoms with Gasteiger partial charge in [-0.3, -0.25) is 4.98 Å². The molecule has 1 saturated heterocycles. The summed E-state index contributed by atoms with van der Waals surface area (Å²) < 4.78 is 25.1. The monoisotopic (exact) mass is 435 g/mol. The molecule has 1 N–H and O–H groups in total. The number of pyridine rings is 1. The third-order valence-corrected chi connectivity index (χ3v) is 6.08. The molecule has 2 aromatic carbocycles. The Kier molecular flexibility index (Phi) is 5.99. The summed E-state index contributed by atoms with van der Waals surface area (Å²) in [7, 11) is 3.11. The van der Waals surface area contributed by atoms with Crippen molar-refractivity contribution in [2.45, 2.75) is 18.8 Å². The molecule has 2 heterocycles. The molecule has 1 aromatic heterocycles. The van der Waals surface area contributed by atoms with Crippen molar-refractivity contribution >= 4 is 11.7 Å². The Bertz CT molecular complexity index is 1120. The SMILES string of the molecule is COc1ccc(OC)c(NC(=O)N2CCC(c3ccc(C)c(F)c3)(c3ccccn3)C2)c1. The molecule has 7 heteroatoms. The second-order valence-electron chi connectivity index (χ2n) is 7.93. The summed E-state index contributed by atoms with van der Waals surface area (Å²) in [5.74, 6) is 0.886. The summed E-state index contributed by atoms with van der Waals surface area (Å²) in [5, 5.41) is 2.93. The number of nitrogens with zero attached hydrogens (tertiary/aromatic N) is 2. The van der Waals surface area contributed by atoms with Crippen molar-refractivity contribution in [3.63, 3.8) is 0 Å². The number of aryl methyl sites for hydroxylation is 1. The number of hydrogen-bond acceptors (Lipinski definition) is 4. The molecule has 0 aliphatic carbocycles. The van der Waals surface area contributed by atoms with Crippen molar-refractivity contribution in [1.82, 2.24) is 9.88 Å². The van der Waals surface area contributed by atoms with Crippen LogP contribution in [0.2, 0.25) is 0 Å². The number of methoxy groups -OCH3 is 2. The van der Waals surface area contributed by atoms with E-state index < -0.39 is 5.41 Å². The van der Waals surface area contributed by atoms with Crippen molar-refractivity contribution in [2.24, 2.45) is 0 Å². The zero-order chi connectivity index (χ0) is 22.7. The Balaban J connectivity index is 1.65.